The molecule has 2 nitrogen and oxygen atoms in total. The first-order valence-electron chi connectivity index (χ1n) is 6.51. The maximum atomic E-state index is 5.43. The van der Waals surface area contributed by atoms with Crippen LogP contribution in [0.25, 0.3) is 0 Å². The summed E-state index contributed by atoms with van der Waals surface area (Å²) in [5.41, 5.74) is 3.68. The van der Waals surface area contributed by atoms with Gasteiger partial charge in [-0.05, 0) is 17.7 Å². The topological polar surface area (TPSA) is 15.3 Å². The fourth-order valence-electron chi connectivity index (χ4n) is 2.43. The number of hydrogen-bond donors (Lipinski definition) is 1. The molecule has 0 radical (unpaired) electrons. The van der Waals surface area contributed by atoms with E-state index in [0.717, 1.165) is 30.2 Å². The second kappa shape index (κ2) is 5.41. The summed E-state index contributed by atoms with van der Waals surface area (Å²) in [6.07, 6.45) is 0. The van der Waals surface area contributed by atoms with Crippen LogP contribution in [0.15, 0.2) is 54.6 Å². The van der Waals surface area contributed by atoms with Crippen molar-refractivity contribution in [3.05, 3.63) is 65.7 Å². The van der Waals surface area contributed by atoms with Crippen molar-refractivity contribution in [3.8, 4) is 0 Å². The van der Waals surface area contributed by atoms with Crippen LogP contribution in [0.2, 0.25) is 0 Å². The fraction of sp³-hybridized carbons (Fsp3) is 0.188. The van der Waals surface area contributed by atoms with E-state index in [-0.39, 0.29) is 0 Å². The van der Waals surface area contributed by atoms with Crippen molar-refractivity contribution < 1.29 is 0 Å². The van der Waals surface area contributed by atoms with Crippen molar-refractivity contribution in [2.75, 3.05) is 18.0 Å². The van der Waals surface area contributed by atoms with Crippen LogP contribution in [0.4, 0.5) is 5.69 Å². The Bertz CT molecular complexity index is 580. The van der Waals surface area contributed by atoms with E-state index < -0.39 is 0 Å². The molecule has 0 unspecified atom stereocenters. The highest BCUT2D eigenvalue weighted by Gasteiger charge is 2.17. The van der Waals surface area contributed by atoms with Crippen LogP contribution in [0, 0.1) is 0 Å². The van der Waals surface area contributed by atoms with Crippen LogP contribution >= 0.6 is 12.2 Å². The van der Waals surface area contributed by atoms with E-state index in [1.165, 1.54) is 11.3 Å². The molecule has 3 rings (SSSR count). The molecule has 19 heavy (non-hydrogen) atoms. The number of hydrogen-bond acceptors (Lipinski definition) is 2. The molecule has 0 amide bonds. The van der Waals surface area contributed by atoms with Gasteiger partial charge >= 0.3 is 0 Å². The highest BCUT2D eigenvalue weighted by molar-refractivity contribution is 7.80. The van der Waals surface area contributed by atoms with Gasteiger partial charge in [-0.3, -0.25) is 0 Å². The first kappa shape index (κ1) is 12.2. The van der Waals surface area contributed by atoms with E-state index >= 15 is 0 Å². The number of thiocarbonyl (C=S) groups is 1. The van der Waals surface area contributed by atoms with Crippen molar-refractivity contribution in [1.29, 1.82) is 0 Å². The molecule has 1 aliphatic heterocycles. The molecule has 1 aliphatic rings. The standard InChI is InChI=1S/C16H16N2S/c19-16-14-8-4-5-9-15(14)18(11-10-17-16)12-13-6-2-1-3-7-13/h1-9H,10-12H2,(H,17,19). The van der Waals surface area contributed by atoms with Crippen molar-refractivity contribution in [3.63, 3.8) is 0 Å². The molecule has 0 saturated heterocycles. The van der Waals surface area contributed by atoms with Gasteiger partial charge in [0.2, 0.25) is 0 Å². The van der Waals surface area contributed by atoms with Gasteiger partial charge in [-0.1, -0.05) is 54.7 Å². The first-order valence-corrected chi connectivity index (χ1v) is 6.91. The summed E-state index contributed by atoms with van der Waals surface area (Å²) in [5, 5.41) is 3.31. The Hall–Kier alpha value is -1.87. The number of nitrogens with zero attached hydrogens (tertiary/aromatic N) is 1. The van der Waals surface area contributed by atoms with E-state index in [1.54, 1.807) is 0 Å². The van der Waals surface area contributed by atoms with Crippen LogP contribution in [0.3, 0.4) is 0 Å². The maximum absolute atomic E-state index is 5.43. The quantitative estimate of drug-likeness (QED) is 0.843. The molecule has 1 N–H and O–H groups in total. The summed E-state index contributed by atoms with van der Waals surface area (Å²) in [7, 11) is 0. The molecule has 0 spiro atoms. The largest absolute Gasteiger partial charge is 0.374 e. The summed E-state index contributed by atoms with van der Waals surface area (Å²) >= 11 is 5.43. The lowest BCUT2D eigenvalue weighted by Crippen LogP contribution is -2.29. The Labute approximate surface area is 119 Å². The fourth-order valence-corrected chi connectivity index (χ4v) is 2.70. The number of nitrogens with one attached hydrogen (secondary N) is 1. The van der Waals surface area contributed by atoms with Gasteiger partial charge in [0.05, 0.1) is 0 Å². The second-order valence-corrected chi connectivity index (χ2v) is 5.09. The zero-order chi connectivity index (χ0) is 13.1. The van der Waals surface area contributed by atoms with Crippen LogP contribution in [0.5, 0.6) is 0 Å². The third kappa shape index (κ3) is 2.61. The summed E-state index contributed by atoms with van der Waals surface area (Å²) in [5.74, 6) is 0. The Kier molecular flexibility index (Phi) is 3.47. The van der Waals surface area contributed by atoms with Crippen LogP contribution in [0.1, 0.15) is 11.1 Å². The second-order valence-electron chi connectivity index (χ2n) is 4.68. The normalized spacial score (nSPS) is 14.5. The summed E-state index contributed by atoms with van der Waals surface area (Å²) in [4.78, 5) is 3.24. The highest BCUT2D eigenvalue weighted by Crippen LogP contribution is 2.24. The predicted octanol–water partition coefficient (Wildman–Crippen LogP) is 2.97. The first-order chi connectivity index (χ1) is 9.34. The van der Waals surface area contributed by atoms with Gasteiger partial charge in [0.25, 0.3) is 0 Å². The summed E-state index contributed by atoms with van der Waals surface area (Å²) in [6, 6.07) is 18.9. The molecule has 0 aliphatic carbocycles. The smallest absolute Gasteiger partial charge is 0.108 e. The molecule has 0 saturated carbocycles. The van der Waals surface area contributed by atoms with Crippen molar-refractivity contribution in [1.82, 2.24) is 5.32 Å². The number of fused-ring (bicyclic) bond motifs is 1. The van der Waals surface area contributed by atoms with E-state index in [2.05, 4.69) is 58.7 Å². The number of rotatable bonds is 2. The molecule has 0 atom stereocenters. The van der Waals surface area contributed by atoms with Gasteiger partial charge in [0.1, 0.15) is 4.99 Å². The van der Waals surface area contributed by atoms with Crippen molar-refractivity contribution in [2.45, 2.75) is 6.54 Å². The van der Waals surface area contributed by atoms with E-state index in [4.69, 9.17) is 12.2 Å². The van der Waals surface area contributed by atoms with Gasteiger partial charge in [0.15, 0.2) is 0 Å². The SMILES string of the molecule is S=C1NCCN(Cc2ccccc2)c2ccccc21. The van der Waals surface area contributed by atoms with Crippen molar-refractivity contribution >= 4 is 22.9 Å². The minimum Gasteiger partial charge on any atom is -0.374 e. The Morgan fingerprint density at radius 1 is 1.00 bits per heavy atom. The monoisotopic (exact) mass is 268 g/mol. The van der Waals surface area contributed by atoms with Gasteiger partial charge in [-0.2, -0.15) is 0 Å². The van der Waals surface area contributed by atoms with Crippen LogP contribution < -0.4 is 10.2 Å². The molecule has 1 heterocycles. The minimum atomic E-state index is 0.853. The highest BCUT2D eigenvalue weighted by atomic mass is 32.1. The van der Waals surface area contributed by atoms with Crippen molar-refractivity contribution in [2.24, 2.45) is 0 Å². The van der Waals surface area contributed by atoms with E-state index in [0.29, 0.717) is 0 Å². The maximum Gasteiger partial charge on any atom is 0.108 e. The molecule has 2 aromatic rings. The molecule has 3 heteroatoms. The molecular formula is C16H16N2S. The van der Waals surface area contributed by atoms with Gasteiger partial charge < -0.3 is 10.2 Å². The molecule has 0 aromatic heterocycles. The molecule has 96 valence electrons. The lowest BCUT2D eigenvalue weighted by molar-refractivity contribution is 0.770. The minimum absolute atomic E-state index is 0.853. The Balaban J connectivity index is 1.93. The molecular weight excluding hydrogens is 252 g/mol. The van der Waals surface area contributed by atoms with Crippen LogP contribution in [-0.2, 0) is 6.54 Å². The predicted molar refractivity (Wildman–Crippen MR) is 83.6 cm³/mol. The number of anilines is 1. The average molecular weight is 268 g/mol. The van der Waals surface area contributed by atoms with Crippen LogP contribution in [-0.4, -0.2) is 18.1 Å². The third-order valence-electron chi connectivity index (χ3n) is 3.37. The lowest BCUT2D eigenvalue weighted by Gasteiger charge is -2.24. The molecule has 2 aromatic carbocycles. The zero-order valence-corrected chi connectivity index (χ0v) is 11.5. The van der Waals surface area contributed by atoms with Gasteiger partial charge in [0, 0.05) is 30.9 Å². The number of benzene rings is 2. The molecule has 0 fully saturated rings. The Morgan fingerprint density at radius 3 is 2.58 bits per heavy atom. The Morgan fingerprint density at radius 2 is 1.74 bits per heavy atom. The van der Waals surface area contributed by atoms with Gasteiger partial charge in [-0.25, -0.2) is 0 Å². The number of para-hydroxylation sites is 1. The zero-order valence-electron chi connectivity index (χ0n) is 10.7. The summed E-state index contributed by atoms with van der Waals surface area (Å²) < 4.78 is 0. The van der Waals surface area contributed by atoms with Gasteiger partial charge in [-0.15, -0.1) is 0 Å². The summed E-state index contributed by atoms with van der Waals surface area (Å²) in [6.45, 7) is 2.77. The van der Waals surface area contributed by atoms with E-state index in [1.807, 2.05) is 6.07 Å². The average Bonchev–Trinajstić information content (AvgIpc) is 2.61. The lowest BCUT2D eigenvalue weighted by atomic mass is 10.1. The van der Waals surface area contributed by atoms with E-state index in [9.17, 15) is 0 Å². The molecule has 0 bridgehead atoms. The third-order valence-corrected chi connectivity index (χ3v) is 3.74.